The van der Waals surface area contributed by atoms with Crippen molar-refractivity contribution in [3.8, 4) is 0 Å². The van der Waals surface area contributed by atoms with Crippen molar-refractivity contribution in [3.05, 3.63) is 97.2 Å². The number of carbonyl (C=O) groups excluding carboxylic acids is 1. The van der Waals surface area contributed by atoms with Gasteiger partial charge in [-0.2, -0.15) is 0 Å². The van der Waals surface area contributed by atoms with Crippen molar-refractivity contribution >= 4 is 13.7 Å². The number of aliphatic hydroxyl groups is 1. The third-order valence-electron chi connectivity index (χ3n) is 12.1. The molecule has 0 radical (unpaired) electrons. The third kappa shape index (κ3) is 53.1. The number of quaternary nitrogens is 1. The third-order valence-corrected chi connectivity index (χ3v) is 13.1. The van der Waals surface area contributed by atoms with Crippen LogP contribution in [0.3, 0.4) is 0 Å². The molecular formula is C60H107N2O6P. The first-order valence-corrected chi connectivity index (χ1v) is 29.5. The van der Waals surface area contributed by atoms with Crippen molar-refractivity contribution in [2.75, 3.05) is 40.9 Å². The van der Waals surface area contributed by atoms with Crippen molar-refractivity contribution < 1.29 is 32.9 Å². The van der Waals surface area contributed by atoms with Gasteiger partial charge in [0, 0.05) is 6.42 Å². The van der Waals surface area contributed by atoms with Crippen LogP contribution in [0.5, 0.6) is 0 Å². The molecule has 9 heteroatoms. The molecule has 0 fully saturated rings. The van der Waals surface area contributed by atoms with Crippen molar-refractivity contribution in [2.24, 2.45) is 0 Å². The van der Waals surface area contributed by atoms with Crippen LogP contribution in [0.15, 0.2) is 97.2 Å². The lowest BCUT2D eigenvalue weighted by Gasteiger charge is -2.30. The molecule has 3 atom stereocenters. The van der Waals surface area contributed by atoms with E-state index in [0.717, 1.165) is 96.3 Å². The van der Waals surface area contributed by atoms with Crippen LogP contribution in [0.4, 0.5) is 0 Å². The van der Waals surface area contributed by atoms with Crippen molar-refractivity contribution in [2.45, 2.75) is 238 Å². The van der Waals surface area contributed by atoms with Gasteiger partial charge in [-0.25, -0.2) is 0 Å². The monoisotopic (exact) mass is 983 g/mol. The summed E-state index contributed by atoms with van der Waals surface area (Å²) in [7, 11) is 1.29. The van der Waals surface area contributed by atoms with Gasteiger partial charge in [0.1, 0.15) is 13.2 Å². The molecule has 1 amide bonds. The fourth-order valence-corrected chi connectivity index (χ4v) is 8.43. The Hall–Kier alpha value is -2.58. The van der Waals surface area contributed by atoms with E-state index in [-0.39, 0.29) is 19.1 Å². The minimum Gasteiger partial charge on any atom is -0.756 e. The van der Waals surface area contributed by atoms with Crippen molar-refractivity contribution in [1.82, 2.24) is 5.32 Å². The van der Waals surface area contributed by atoms with Gasteiger partial charge in [-0.1, -0.05) is 239 Å². The van der Waals surface area contributed by atoms with E-state index in [1.54, 1.807) is 0 Å². The fourth-order valence-electron chi connectivity index (χ4n) is 7.70. The summed E-state index contributed by atoms with van der Waals surface area (Å²) in [5.41, 5.74) is 0. The molecular weight excluding hydrogens is 876 g/mol. The summed E-state index contributed by atoms with van der Waals surface area (Å²) in [5, 5.41) is 13.9. The molecule has 0 aliphatic carbocycles. The van der Waals surface area contributed by atoms with Gasteiger partial charge in [0.15, 0.2) is 0 Å². The predicted octanol–water partition coefficient (Wildman–Crippen LogP) is 16.4. The number of unbranched alkanes of at least 4 members (excludes halogenated alkanes) is 21. The fraction of sp³-hybridized carbons (Fsp3) is 0.717. The molecule has 0 rings (SSSR count). The van der Waals surface area contributed by atoms with E-state index in [4.69, 9.17) is 9.05 Å². The van der Waals surface area contributed by atoms with Crippen LogP contribution in [-0.4, -0.2) is 68.5 Å². The number of aliphatic hydroxyl groups excluding tert-OH is 1. The largest absolute Gasteiger partial charge is 0.756 e. The van der Waals surface area contributed by atoms with Crippen LogP contribution >= 0.6 is 7.82 Å². The summed E-state index contributed by atoms with van der Waals surface area (Å²) >= 11 is 0. The number of hydrogen-bond acceptors (Lipinski definition) is 6. The molecule has 0 aromatic heterocycles. The van der Waals surface area contributed by atoms with Gasteiger partial charge in [-0.15, -0.1) is 0 Å². The minimum atomic E-state index is -4.57. The van der Waals surface area contributed by atoms with E-state index < -0.39 is 20.0 Å². The number of amides is 1. The molecule has 398 valence electrons. The molecule has 8 nitrogen and oxygen atoms in total. The first-order valence-electron chi connectivity index (χ1n) is 28.1. The van der Waals surface area contributed by atoms with Gasteiger partial charge in [-0.05, 0) is 77.0 Å². The van der Waals surface area contributed by atoms with E-state index in [1.165, 1.54) is 103 Å². The van der Waals surface area contributed by atoms with Gasteiger partial charge >= 0.3 is 0 Å². The Morgan fingerprint density at radius 2 is 0.884 bits per heavy atom. The molecule has 0 bridgehead atoms. The predicted molar refractivity (Wildman–Crippen MR) is 297 cm³/mol. The Morgan fingerprint density at radius 1 is 0.522 bits per heavy atom. The first-order chi connectivity index (χ1) is 33.5. The van der Waals surface area contributed by atoms with Gasteiger partial charge in [0.2, 0.25) is 5.91 Å². The number of nitrogens with one attached hydrogen (secondary N) is 1. The van der Waals surface area contributed by atoms with E-state index in [0.29, 0.717) is 23.9 Å². The first kappa shape index (κ1) is 66.4. The summed E-state index contributed by atoms with van der Waals surface area (Å²) in [6.45, 7) is 4.59. The quantitative estimate of drug-likeness (QED) is 0.0272. The van der Waals surface area contributed by atoms with E-state index in [2.05, 4.69) is 116 Å². The Labute approximate surface area is 426 Å². The van der Waals surface area contributed by atoms with Crippen LogP contribution in [0.25, 0.3) is 0 Å². The van der Waals surface area contributed by atoms with Crippen LogP contribution in [0.2, 0.25) is 0 Å². The highest BCUT2D eigenvalue weighted by atomic mass is 31.2. The Kier molecular flexibility index (Phi) is 48.5. The Morgan fingerprint density at radius 3 is 1.29 bits per heavy atom. The molecule has 0 aromatic carbocycles. The highest BCUT2D eigenvalue weighted by Crippen LogP contribution is 2.38. The molecule has 0 saturated carbocycles. The summed E-state index contributed by atoms with van der Waals surface area (Å²) in [5.74, 6) is -0.174. The van der Waals surface area contributed by atoms with E-state index >= 15 is 0 Å². The molecule has 3 unspecified atom stereocenters. The zero-order chi connectivity index (χ0) is 50.6. The zero-order valence-electron chi connectivity index (χ0n) is 45.2. The number of allylic oxidation sites excluding steroid dienone is 16. The molecule has 0 aliphatic heterocycles. The Balaban J connectivity index is 4.09. The molecule has 0 spiro atoms. The smallest absolute Gasteiger partial charge is 0.268 e. The summed E-state index contributed by atoms with van der Waals surface area (Å²) < 4.78 is 23.3. The second kappa shape index (κ2) is 50.4. The average molecular weight is 983 g/mol. The lowest BCUT2D eigenvalue weighted by Crippen LogP contribution is -2.46. The van der Waals surface area contributed by atoms with Crippen LogP contribution in [-0.2, 0) is 18.4 Å². The van der Waals surface area contributed by atoms with Gasteiger partial charge < -0.3 is 28.8 Å². The topological polar surface area (TPSA) is 108 Å². The zero-order valence-corrected chi connectivity index (χ0v) is 46.1. The second-order valence-corrected chi connectivity index (χ2v) is 21.3. The highest BCUT2D eigenvalue weighted by Gasteiger charge is 2.24. The van der Waals surface area contributed by atoms with Crippen LogP contribution in [0, 0.1) is 0 Å². The van der Waals surface area contributed by atoms with Crippen molar-refractivity contribution in [3.63, 3.8) is 0 Å². The normalized spacial score (nSPS) is 14.7. The maximum atomic E-state index is 12.9. The number of nitrogens with zero attached hydrogens (tertiary/aromatic N) is 1. The second-order valence-electron chi connectivity index (χ2n) is 19.9. The SMILES string of the molecule is CC/C=C\C/C=C\C/C=C\C/C=C\C/C=C\C/C=C\C/C=C\C/C=C\CCCCCCCCCCCCC(=O)NC(COP(=O)([O-])OCC[N+](C)(C)C)C(O)CCCCCCCCCCCCCC. The average Bonchev–Trinajstić information content (AvgIpc) is 3.31. The lowest BCUT2D eigenvalue weighted by molar-refractivity contribution is -0.870. The van der Waals surface area contributed by atoms with Crippen molar-refractivity contribution in [1.29, 1.82) is 0 Å². The minimum absolute atomic E-state index is 0.00726. The maximum absolute atomic E-state index is 12.9. The van der Waals surface area contributed by atoms with E-state index in [1.807, 2.05) is 21.1 Å². The number of hydrogen-bond donors (Lipinski definition) is 2. The van der Waals surface area contributed by atoms with Gasteiger partial charge in [0.25, 0.3) is 7.82 Å². The van der Waals surface area contributed by atoms with Crippen LogP contribution < -0.4 is 10.2 Å². The van der Waals surface area contributed by atoms with Gasteiger partial charge in [-0.3, -0.25) is 9.36 Å². The molecule has 0 heterocycles. The van der Waals surface area contributed by atoms with Crippen LogP contribution in [0.1, 0.15) is 226 Å². The molecule has 0 aliphatic rings. The number of likely N-dealkylation sites (N-methyl/N-ethyl adjacent to an activating group) is 1. The number of carbonyl (C=O) groups is 1. The molecule has 0 saturated heterocycles. The molecule has 2 N–H and O–H groups in total. The molecule has 0 aromatic rings. The lowest BCUT2D eigenvalue weighted by atomic mass is 10.0. The van der Waals surface area contributed by atoms with E-state index in [9.17, 15) is 19.4 Å². The summed E-state index contributed by atoms with van der Waals surface area (Å²) in [4.78, 5) is 25.4. The standard InChI is InChI=1S/C60H107N2O6P/c1-6-8-10-12-14-16-18-20-21-22-23-24-25-26-27-28-29-30-31-32-33-34-35-36-37-38-39-40-41-42-44-46-48-50-52-54-60(64)61-58(57-68-69(65,66)67-56-55-62(3,4)5)59(63)53-51-49-47-45-43-19-17-15-13-11-9-7-2/h8,10,14,16,20-21,23-24,26-27,29-30,32-33,35-36,58-59,63H,6-7,9,11-13,15,17-19,22,25,28,31,34,37-57H2,1-5H3,(H-,61,64,65,66)/b10-8-,16-14-,21-20-,24-23-,27-26-,30-29-,33-32-,36-35-. The van der Waals surface area contributed by atoms with Gasteiger partial charge in [0.05, 0.1) is 39.9 Å². The maximum Gasteiger partial charge on any atom is 0.268 e. The molecule has 69 heavy (non-hydrogen) atoms. The number of rotatable bonds is 50. The Bertz CT molecular complexity index is 1440. The highest BCUT2D eigenvalue weighted by molar-refractivity contribution is 7.45. The summed E-state index contributed by atoms with van der Waals surface area (Å²) in [6, 6.07) is -0.808. The number of phosphoric acid groups is 1. The number of phosphoric ester groups is 1. The summed E-state index contributed by atoms with van der Waals surface area (Å²) in [6.07, 6.45) is 71.5.